The molecule has 0 fully saturated rings. The third-order valence-electron chi connectivity index (χ3n) is 6.67. The number of pyridine rings is 2. The van der Waals surface area contributed by atoms with Crippen molar-refractivity contribution in [1.29, 1.82) is 0 Å². The van der Waals surface area contributed by atoms with Crippen molar-refractivity contribution < 1.29 is 9.59 Å². The molecule has 10 heteroatoms. The van der Waals surface area contributed by atoms with Crippen LogP contribution < -0.4 is 10.6 Å². The zero-order chi connectivity index (χ0) is 32.5. The number of hydrogen-bond donors (Lipinski definition) is 2. The van der Waals surface area contributed by atoms with E-state index >= 15 is 0 Å². The van der Waals surface area contributed by atoms with Crippen LogP contribution in [0.3, 0.4) is 0 Å². The molecule has 2 N–H and O–H groups in total. The molecule has 0 aliphatic rings. The molecule has 0 atom stereocenters. The lowest BCUT2D eigenvalue weighted by Crippen LogP contribution is -2.13. The standard InChI is InChI=1S/2C18H12Cl2N2O/c2*19-13-9-7-12(8-10-13)14-4-1-2-6-16(14)22-18(23)15-5-3-11-21-17(15)20/h2*1-11H,(H,22,23). The Labute approximate surface area is 286 Å². The quantitative estimate of drug-likeness (QED) is 0.171. The van der Waals surface area contributed by atoms with Gasteiger partial charge in [0.25, 0.3) is 11.8 Å². The highest BCUT2D eigenvalue weighted by Crippen LogP contribution is 2.31. The van der Waals surface area contributed by atoms with Gasteiger partial charge in [0.05, 0.1) is 11.1 Å². The van der Waals surface area contributed by atoms with Crippen LogP contribution in [0.25, 0.3) is 22.3 Å². The molecule has 6 nitrogen and oxygen atoms in total. The maximum Gasteiger partial charge on any atom is 0.258 e. The number of amides is 2. The Morgan fingerprint density at radius 2 is 0.826 bits per heavy atom. The molecule has 228 valence electrons. The summed E-state index contributed by atoms with van der Waals surface area (Å²) in [5.74, 6) is -0.603. The molecule has 0 saturated carbocycles. The maximum atomic E-state index is 12.4. The van der Waals surface area contributed by atoms with Gasteiger partial charge in [0, 0.05) is 44.9 Å². The maximum absolute atomic E-state index is 12.4. The Kier molecular flexibility index (Phi) is 11.0. The normalized spacial score (nSPS) is 10.3. The van der Waals surface area contributed by atoms with Crippen molar-refractivity contribution in [2.24, 2.45) is 0 Å². The first kappa shape index (κ1) is 32.7. The summed E-state index contributed by atoms with van der Waals surface area (Å²) in [7, 11) is 0. The Morgan fingerprint density at radius 1 is 0.457 bits per heavy atom. The van der Waals surface area contributed by atoms with Gasteiger partial charge < -0.3 is 10.6 Å². The van der Waals surface area contributed by atoms with Gasteiger partial charge in [0.15, 0.2) is 0 Å². The summed E-state index contributed by atoms with van der Waals surface area (Å²) in [5.41, 5.74) is 5.78. The summed E-state index contributed by atoms with van der Waals surface area (Å²) in [4.78, 5) is 32.7. The van der Waals surface area contributed by atoms with Crippen molar-refractivity contribution in [3.05, 3.63) is 165 Å². The number of carbonyl (C=O) groups is 2. The van der Waals surface area contributed by atoms with Crippen LogP contribution in [-0.2, 0) is 0 Å². The summed E-state index contributed by atoms with van der Waals surface area (Å²) in [6, 6.07) is 36.6. The summed E-state index contributed by atoms with van der Waals surface area (Å²) in [6.45, 7) is 0. The third kappa shape index (κ3) is 8.30. The fourth-order valence-electron chi connectivity index (χ4n) is 4.44. The number of rotatable bonds is 6. The van der Waals surface area contributed by atoms with Crippen LogP contribution in [0, 0.1) is 0 Å². The van der Waals surface area contributed by atoms with E-state index in [0.717, 1.165) is 22.3 Å². The lowest BCUT2D eigenvalue weighted by atomic mass is 10.0. The molecule has 0 aliphatic carbocycles. The number of nitrogens with zero attached hydrogens (tertiary/aromatic N) is 2. The largest absolute Gasteiger partial charge is 0.321 e. The zero-order valence-electron chi connectivity index (χ0n) is 23.9. The van der Waals surface area contributed by atoms with Gasteiger partial charge in [-0.15, -0.1) is 0 Å². The molecule has 4 aromatic carbocycles. The minimum absolute atomic E-state index is 0.175. The molecule has 0 spiro atoms. The van der Waals surface area contributed by atoms with Gasteiger partial charge >= 0.3 is 0 Å². The van der Waals surface area contributed by atoms with Gasteiger partial charge in [-0.1, -0.05) is 107 Å². The predicted molar refractivity (Wildman–Crippen MR) is 188 cm³/mol. The first-order chi connectivity index (χ1) is 22.3. The average Bonchev–Trinajstić information content (AvgIpc) is 3.07. The summed E-state index contributed by atoms with van der Waals surface area (Å²) in [6.07, 6.45) is 3.08. The Hall–Kier alpha value is -4.72. The highest BCUT2D eigenvalue weighted by molar-refractivity contribution is 6.34. The van der Waals surface area contributed by atoms with Gasteiger partial charge in [-0.05, 0) is 71.8 Å². The number of benzene rings is 4. The second-order valence-corrected chi connectivity index (χ2v) is 11.3. The number of nitrogens with one attached hydrogen (secondary N) is 2. The molecule has 6 aromatic rings. The molecule has 0 saturated heterocycles. The highest BCUT2D eigenvalue weighted by atomic mass is 35.5. The van der Waals surface area contributed by atoms with Gasteiger partial charge in [-0.25, -0.2) is 9.97 Å². The van der Waals surface area contributed by atoms with E-state index in [-0.39, 0.29) is 22.1 Å². The Morgan fingerprint density at radius 3 is 1.20 bits per heavy atom. The molecule has 46 heavy (non-hydrogen) atoms. The lowest BCUT2D eigenvalue weighted by molar-refractivity contribution is 0.101. The number of aromatic nitrogens is 2. The molecule has 2 aromatic heterocycles. The van der Waals surface area contributed by atoms with Crippen molar-refractivity contribution >= 4 is 69.6 Å². The topological polar surface area (TPSA) is 84.0 Å². The lowest BCUT2D eigenvalue weighted by Gasteiger charge is -2.12. The molecular formula is C36H24Cl4N4O2. The number of para-hydroxylation sites is 2. The van der Waals surface area contributed by atoms with E-state index in [9.17, 15) is 9.59 Å². The summed E-state index contributed by atoms with van der Waals surface area (Å²) >= 11 is 23.8. The monoisotopic (exact) mass is 684 g/mol. The molecular weight excluding hydrogens is 662 g/mol. The van der Waals surface area contributed by atoms with E-state index in [1.807, 2.05) is 97.1 Å². The van der Waals surface area contributed by atoms with E-state index in [1.54, 1.807) is 36.7 Å². The minimum Gasteiger partial charge on any atom is -0.321 e. The molecule has 0 unspecified atom stereocenters. The van der Waals surface area contributed by atoms with Gasteiger partial charge in [-0.3, -0.25) is 9.59 Å². The van der Waals surface area contributed by atoms with Gasteiger partial charge in [-0.2, -0.15) is 0 Å². The molecule has 2 amide bonds. The molecule has 0 aliphatic heterocycles. The smallest absolute Gasteiger partial charge is 0.258 e. The third-order valence-corrected chi connectivity index (χ3v) is 7.77. The number of anilines is 2. The van der Waals surface area contributed by atoms with Crippen molar-refractivity contribution in [2.75, 3.05) is 10.6 Å². The second kappa shape index (κ2) is 15.5. The zero-order valence-corrected chi connectivity index (χ0v) is 26.9. The van der Waals surface area contributed by atoms with Crippen LogP contribution in [0.5, 0.6) is 0 Å². The number of hydrogen-bond acceptors (Lipinski definition) is 4. The van der Waals surface area contributed by atoms with Crippen molar-refractivity contribution in [3.8, 4) is 22.3 Å². The fraction of sp³-hybridized carbons (Fsp3) is 0. The van der Waals surface area contributed by atoms with Gasteiger partial charge in [0.2, 0.25) is 0 Å². The number of halogens is 4. The van der Waals surface area contributed by atoms with Crippen LogP contribution in [0.15, 0.2) is 134 Å². The summed E-state index contributed by atoms with van der Waals surface area (Å²) in [5, 5.41) is 7.45. The van der Waals surface area contributed by atoms with Crippen LogP contribution in [0.2, 0.25) is 20.4 Å². The summed E-state index contributed by atoms with van der Waals surface area (Å²) < 4.78 is 0. The molecule has 0 bridgehead atoms. The molecule has 6 rings (SSSR count). The van der Waals surface area contributed by atoms with Crippen molar-refractivity contribution in [3.63, 3.8) is 0 Å². The minimum atomic E-state index is -0.301. The van der Waals surface area contributed by atoms with E-state index in [2.05, 4.69) is 20.6 Å². The molecule has 0 radical (unpaired) electrons. The molecule has 2 heterocycles. The van der Waals surface area contributed by atoms with Gasteiger partial charge in [0.1, 0.15) is 10.3 Å². The van der Waals surface area contributed by atoms with Crippen molar-refractivity contribution in [1.82, 2.24) is 9.97 Å². The van der Waals surface area contributed by atoms with Crippen LogP contribution in [0.4, 0.5) is 11.4 Å². The average molecular weight is 686 g/mol. The number of carbonyl (C=O) groups excluding carboxylic acids is 2. The van der Waals surface area contributed by atoms with E-state index in [4.69, 9.17) is 46.4 Å². The Bertz CT molecular complexity index is 1840. The SMILES string of the molecule is O=C(Nc1ccccc1-c1ccc(Cl)cc1)c1cccnc1Cl.O=C(Nc1ccccc1-c1ccc(Cl)cc1)c1cccnc1Cl. The fourth-order valence-corrected chi connectivity index (χ4v) is 5.10. The highest BCUT2D eigenvalue weighted by Gasteiger charge is 2.15. The predicted octanol–water partition coefficient (Wildman–Crippen LogP) is 10.6. The van der Waals surface area contributed by atoms with Crippen LogP contribution >= 0.6 is 46.4 Å². The van der Waals surface area contributed by atoms with Crippen molar-refractivity contribution in [2.45, 2.75) is 0 Å². The Balaban J connectivity index is 0.000000181. The van der Waals surface area contributed by atoms with E-state index < -0.39 is 0 Å². The van der Waals surface area contributed by atoms with E-state index in [0.29, 0.717) is 32.5 Å². The first-order valence-electron chi connectivity index (χ1n) is 13.8. The second-order valence-electron chi connectivity index (χ2n) is 9.70. The van der Waals surface area contributed by atoms with Crippen LogP contribution in [0.1, 0.15) is 20.7 Å². The first-order valence-corrected chi connectivity index (χ1v) is 15.3. The van der Waals surface area contributed by atoms with Crippen LogP contribution in [-0.4, -0.2) is 21.8 Å². The van der Waals surface area contributed by atoms with E-state index in [1.165, 1.54) is 0 Å².